The summed E-state index contributed by atoms with van der Waals surface area (Å²) < 4.78 is 11.3. The van der Waals surface area contributed by atoms with E-state index in [4.69, 9.17) is 9.47 Å². The second-order valence-corrected chi connectivity index (χ2v) is 7.52. The quantitative estimate of drug-likeness (QED) is 0.777. The van der Waals surface area contributed by atoms with Gasteiger partial charge in [0.1, 0.15) is 5.60 Å². The molecule has 0 spiro atoms. The third kappa shape index (κ3) is 4.28. The van der Waals surface area contributed by atoms with Gasteiger partial charge in [-0.2, -0.15) is 0 Å². The van der Waals surface area contributed by atoms with Gasteiger partial charge in [-0.25, -0.2) is 4.79 Å². The minimum Gasteiger partial charge on any atom is -0.456 e. The Morgan fingerprint density at radius 1 is 1.28 bits per heavy atom. The Balaban J connectivity index is 1.95. The third-order valence-corrected chi connectivity index (χ3v) is 4.28. The summed E-state index contributed by atoms with van der Waals surface area (Å²) in [6.07, 6.45) is 2.93. The molecule has 25 heavy (non-hydrogen) atoms. The molecule has 1 aromatic heterocycles. The van der Waals surface area contributed by atoms with E-state index in [-0.39, 0.29) is 12.1 Å². The Hall–Kier alpha value is -2.14. The molecular formula is C20H26N2O3. The zero-order valence-electron chi connectivity index (χ0n) is 15.4. The predicted molar refractivity (Wildman–Crippen MR) is 99.2 cm³/mol. The van der Waals surface area contributed by atoms with E-state index in [2.05, 4.69) is 22.9 Å². The maximum absolute atomic E-state index is 12.6. The SMILES string of the molecule is C[C@H]1CCN(c2ccc3nccc(C(=O)OC(C)(C)C)c3c2)CCO1. The number of esters is 1. The molecule has 3 rings (SSSR count). The van der Waals surface area contributed by atoms with E-state index < -0.39 is 5.60 Å². The molecule has 5 nitrogen and oxygen atoms in total. The van der Waals surface area contributed by atoms with E-state index in [1.807, 2.05) is 32.9 Å². The molecule has 0 aliphatic carbocycles. The highest BCUT2D eigenvalue weighted by atomic mass is 16.6. The number of ether oxygens (including phenoxy) is 2. The van der Waals surface area contributed by atoms with Gasteiger partial charge in [-0.3, -0.25) is 4.98 Å². The number of anilines is 1. The highest BCUT2D eigenvalue weighted by Gasteiger charge is 2.21. The topological polar surface area (TPSA) is 51.7 Å². The molecule has 1 aromatic carbocycles. The second-order valence-electron chi connectivity index (χ2n) is 7.52. The fourth-order valence-corrected chi connectivity index (χ4v) is 3.00. The minimum atomic E-state index is -0.525. The van der Waals surface area contributed by atoms with Crippen LogP contribution >= 0.6 is 0 Å². The van der Waals surface area contributed by atoms with Crippen molar-refractivity contribution < 1.29 is 14.3 Å². The lowest BCUT2D eigenvalue weighted by Gasteiger charge is -2.23. The summed E-state index contributed by atoms with van der Waals surface area (Å²) in [5.41, 5.74) is 1.92. The number of pyridine rings is 1. The number of benzene rings is 1. The van der Waals surface area contributed by atoms with Gasteiger partial charge in [-0.15, -0.1) is 0 Å². The standard InChI is InChI=1S/C20H26N2O3/c1-14-8-10-22(11-12-24-14)15-5-6-18-17(13-15)16(7-9-21-18)19(23)25-20(2,3)4/h5-7,9,13-14H,8,10-12H2,1-4H3/t14-/m0/s1. The number of nitrogens with zero attached hydrogens (tertiary/aromatic N) is 2. The molecule has 0 unspecified atom stereocenters. The molecular weight excluding hydrogens is 316 g/mol. The monoisotopic (exact) mass is 342 g/mol. The summed E-state index contributed by atoms with van der Waals surface area (Å²) in [6, 6.07) is 7.79. The van der Waals surface area contributed by atoms with Crippen LogP contribution in [0.4, 0.5) is 5.69 Å². The van der Waals surface area contributed by atoms with Crippen LogP contribution in [-0.2, 0) is 9.47 Å². The van der Waals surface area contributed by atoms with Crippen molar-refractivity contribution in [3.63, 3.8) is 0 Å². The lowest BCUT2D eigenvalue weighted by Crippen LogP contribution is -2.26. The summed E-state index contributed by atoms with van der Waals surface area (Å²) in [7, 11) is 0. The maximum Gasteiger partial charge on any atom is 0.339 e. The molecule has 1 atom stereocenters. The van der Waals surface area contributed by atoms with Gasteiger partial charge in [0, 0.05) is 30.4 Å². The van der Waals surface area contributed by atoms with Gasteiger partial charge in [0.05, 0.1) is 23.8 Å². The van der Waals surface area contributed by atoms with Crippen LogP contribution in [0.5, 0.6) is 0 Å². The normalized spacial score (nSPS) is 18.9. The van der Waals surface area contributed by atoms with Crippen molar-refractivity contribution in [3.8, 4) is 0 Å². The number of rotatable bonds is 2. The number of carbonyl (C=O) groups excluding carboxylic acids is 1. The average molecular weight is 342 g/mol. The maximum atomic E-state index is 12.6. The fraction of sp³-hybridized carbons (Fsp3) is 0.500. The fourth-order valence-electron chi connectivity index (χ4n) is 3.00. The van der Waals surface area contributed by atoms with E-state index >= 15 is 0 Å². The zero-order chi connectivity index (χ0) is 18.0. The Bertz CT molecular complexity index is 767. The molecule has 2 heterocycles. The molecule has 0 radical (unpaired) electrons. The summed E-state index contributed by atoms with van der Waals surface area (Å²) >= 11 is 0. The summed E-state index contributed by atoms with van der Waals surface area (Å²) in [5, 5.41) is 0.826. The lowest BCUT2D eigenvalue weighted by molar-refractivity contribution is 0.00717. The Labute approximate surface area is 148 Å². The first-order chi connectivity index (χ1) is 11.8. The van der Waals surface area contributed by atoms with Crippen LogP contribution in [0, 0.1) is 0 Å². The molecule has 1 fully saturated rings. The van der Waals surface area contributed by atoms with Crippen LogP contribution in [0.2, 0.25) is 0 Å². The highest BCUT2D eigenvalue weighted by Crippen LogP contribution is 2.26. The molecule has 1 saturated heterocycles. The highest BCUT2D eigenvalue weighted by molar-refractivity contribution is 6.04. The van der Waals surface area contributed by atoms with Gasteiger partial charge in [-0.1, -0.05) is 0 Å². The molecule has 0 amide bonds. The van der Waals surface area contributed by atoms with E-state index in [0.29, 0.717) is 12.2 Å². The van der Waals surface area contributed by atoms with Crippen LogP contribution in [-0.4, -0.2) is 42.4 Å². The predicted octanol–water partition coefficient (Wildman–Crippen LogP) is 3.81. The van der Waals surface area contributed by atoms with Crippen molar-refractivity contribution >= 4 is 22.6 Å². The summed E-state index contributed by atoms with van der Waals surface area (Å²) in [4.78, 5) is 19.3. The number of hydrogen-bond donors (Lipinski definition) is 0. The van der Waals surface area contributed by atoms with Gasteiger partial charge in [0.2, 0.25) is 0 Å². The van der Waals surface area contributed by atoms with Crippen molar-refractivity contribution in [1.82, 2.24) is 4.98 Å². The summed E-state index contributed by atoms with van der Waals surface area (Å²) in [5.74, 6) is -0.315. The van der Waals surface area contributed by atoms with Crippen LogP contribution in [0.15, 0.2) is 30.5 Å². The van der Waals surface area contributed by atoms with Gasteiger partial charge < -0.3 is 14.4 Å². The molecule has 0 saturated carbocycles. The van der Waals surface area contributed by atoms with E-state index in [9.17, 15) is 4.79 Å². The molecule has 2 aromatic rings. The zero-order valence-corrected chi connectivity index (χ0v) is 15.4. The molecule has 0 N–H and O–H groups in total. The molecule has 0 bridgehead atoms. The average Bonchev–Trinajstić information content (AvgIpc) is 2.77. The van der Waals surface area contributed by atoms with Gasteiger partial charge in [0.25, 0.3) is 0 Å². The van der Waals surface area contributed by atoms with Crippen molar-refractivity contribution in [2.75, 3.05) is 24.6 Å². The van der Waals surface area contributed by atoms with E-state index in [1.165, 1.54) is 0 Å². The van der Waals surface area contributed by atoms with Crippen molar-refractivity contribution in [3.05, 3.63) is 36.0 Å². The third-order valence-electron chi connectivity index (χ3n) is 4.28. The molecule has 1 aliphatic heterocycles. The minimum absolute atomic E-state index is 0.282. The van der Waals surface area contributed by atoms with Crippen molar-refractivity contribution in [2.45, 2.75) is 45.8 Å². The van der Waals surface area contributed by atoms with Crippen LogP contribution in [0.3, 0.4) is 0 Å². The molecule has 134 valence electrons. The number of carbonyl (C=O) groups is 1. The van der Waals surface area contributed by atoms with Crippen LogP contribution < -0.4 is 4.90 Å². The smallest absolute Gasteiger partial charge is 0.339 e. The first-order valence-electron chi connectivity index (χ1n) is 8.82. The van der Waals surface area contributed by atoms with E-state index in [0.717, 1.165) is 36.1 Å². The first kappa shape index (κ1) is 17.7. The molecule has 5 heteroatoms. The summed E-state index contributed by atoms with van der Waals surface area (Å²) in [6.45, 7) is 10.2. The largest absolute Gasteiger partial charge is 0.456 e. The van der Waals surface area contributed by atoms with Gasteiger partial charge >= 0.3 is 5.97 Å². The Kier molecular flexibility index (Phi) is 4.95. The lowest BCUT2D eigenvalue weighted by atomic mass is 10.1. The Morgan fingerprint density at radius 3 is 2.84 bits per heavy atom. The van der Waals surface area contributed by atoms with Crippen molar-refractivity contribution in [1.29, 1.82) is 0 Å². The van der Waals surface area contributed by atoms with E-state index in [1.54, 1.807) is 12.3 Å². The first-order valence-corrected chi connectivity index (χ1v) is 8.82. The van der Waals surface area contributed by atoms with Crippen LogP contribution in [0.1, 0.15) is 44.5 Å². The van der Waals surface area contributed by atoms with Gasteiger partial charge in [-0.05, 0) is 58.4 Å². The number of fused-ring (bicyclic) bond motifs is 1. The number of hydrogen-bond acceptors (Lipinski definition) is 5. The van der Waals surface area contributed by atoms with Gasteiger partial charge in [0.15, 0.2) is 0 Å². The van der Waals surface area contributed by atoms with Crippen LogP contribution in [0.25, 0.3) is 10.9 Å². The van der Waals surface area contributed by atoms with Crippen molar-refractivity contribution in [2.24, 2.45) is 0 Å². The number of aromatic nitrogens is 1. The second kappa shape index (κ2) is 7.00. The Morgan fingerprint density at radius 2 is 2.08 bits per heavy atom. The molecule has 1 aliphatic rings.